The third-order valence-electron chi connectivity index (χ3n) is 4.57. The molecule has 1 aromatic rings. The van der Waals surface area contributed by atoms with Crippen LogP contribution in [0.5, 0.6) is 0 Å². The summed E-state index contributed by atoms with van der Waals surface area (Å²) in [5, 5.41) is 0. The van der Waals surface area contributed by atoms with Crippen molar-refractivity contribution < 1.29 is 4.79 Å². The van der Waals surface area contributed by atoms with Crippen LogP contribution in [0.4, 0.5) is 0 Å². The maximum Gasteiger partial charge on any atom is 0.137 e. The summed E-state index contributed by atoms with van der Waals surface area (Å²) in [5.74, 6) is 0.708. The Labute approximate surface area is 109 Å². The summed E-state index contributed by atoms with van der Waals surface area (Å²) in [6, 6.07) is 8.99. The van der Waals surface area contributed by atoms with E-state index in [0.717, 1.165) is 32.2 Å². The minimum Gasteiger partial charge on any atom is -0.299 e. The molecule has 96 valence electrons. The molecule has 1 heterocycles. The molecule has 0 amide bonds. The Morgan fingerprint density at radius 2 is 2.00 bits per heavy atom. The molecule has 0 radical (unpaired) electrons. The molecule has 1 aliphatic carbocycles. The molecule has 0 aromatic heterocycles. The van der Waals surface area contributed by atoms with Crippen LogP contribution in [-0.2, 0) is 11.2 Å². The summed E-state index contributed by atoms with van der Waals surface area (Å²) < 4.78 is 0. The van der Waals surface area contributed by atoms with E-state index in [1.807, 2.05) is 0 Å². The van der Waals surface area contributed by atoms with Crippen molar-refractivity contribution in [3.8, 4) is 0 Å². The van der Waals surface area contributed by atoms with Gasteiger partial charge in [0, 0.05) is 24.9 Å². The number of rotatable bonds is 1. The van der Waals surface area contributed by atoms with Gasteiger partial charge in [0.25, 0.3) is 0 Å². The number of nitrogens with zero attached hydrogens (tertiary/aromatic N) is 1. The maximum atomic E-state index is 12.2. The van der Waals surface area contributed by atoms with E-state index < -0.39 is 0 Å². The van der Waals surface area contributed by atoms with Gasteiger partial charge in [0.15, 0.2) is 0 Å². The van der Waals surface area contributed by atoms with Gasteiger partial charge < -0.3 is 0 Å². The van der Waals surface area contributed by atoms with Crippen LogP contribution in [0.3, 0.4) is 0 Å². The van der Waals surface area contributed by atoms with Gasteiger partial charge in [-0.1, -0.05) is 30.7 Å². The normalized spacial score (nSPS) is 29.1. The fourth-order valence-electron chi connectivity index (χ4n) is 3.59. The van der Waals surface area contributed by atoms with Gasteiger partial charge in [-0.05, 0) is 37.4 Å². The zero-order valence-electron chi connectivity index (χ0n) is 11.1. The molecule has 0 bridgehead atoms. The number of carbonyl (C=O) groups excluding carboxylic acids is 1. The van der Waals surface area contributed by atoms with Gasteiger partial charge in [-0.15, -0.1) is 0 Å². The van der Waals surface area contributed by atoms with Crippen molar-refractivity contribution in [2.45, 2.75) is 38.1 Å². The van der Waals surface area contributed by atoms with E-state index in [4.69, 9.17) is 0 Å². The van der Waals surface area contributed by atoms with E-state index in [-0.39, 0.29) is 5.92 Å². The number of hydrogen-bond donors (Lipinski definition) is 0. The second-order valence-corrected chi connectivity index (χ2v) is 5.69. The van der Waals surface area contributed by atoms with Crippen LogP contribution < -0.4 is 0 Å². The number of hydrogen-bond acceptors (Lipinski definition) is 2. The third-order valence-corrected chi connectivity index (χ3v) is 4.57. The first kappa shape index (κ1) is 11.9. The molecular formula is C16H21NO. The predicted octanol–water partition coefficient (Wildman–Crippen LogP) is 2.97. The molecule has 18 heavy (non-hydrogen) atoms. The molecule has 1 fully saturated rings. The van der Waals surface area contributed by atoms with Gasteiger partial charge >= 0.3 is 0 Å². The topological polar surface area (TPSA) is 20.3 Å². The summed E-state index contributed by atoms with van der Waals surface area (Å²) in [4.78, 5) is 14.6. The van der Waals surface area contributed by atoms with Crippen LogP contribution in [0.25, 0.3) is 0 Å². The molecule has 1 aromatic carbocycles. The minimum atomic E-state index is 0.227. The van der Waals surface area contributed by atoms with Crippen molar-refractivity contribution in [2.75, 3.05) is 13.6 Å². The van der Waals surface area contributed by atoms with Crippen LogP contribution in [-0.4, -0.2) is 24.3 Å². The van der Waals surface area contributed by atoms with Gasteiger partial charge in [0.2, 0.25) is 0 Å². The van der Waals surface area contributed by atoms with Crippen molar-refractivity contribution in [3.05, 3.63) is 35.4 Å². The molecule has 2 unspecified atom stereocenters. The molecule has 3 rings (SSSR count). The van der Waals surface area contributed by atoms with Gasteiger partial charge in [-0.3, -0.25) is 9.69 Å². The molecule has 1 saturated carbocycles. The lowest BCUT2D eigenvalue weighted by molar-refractivity contribution is -0.127. The highest BCUT2D eigenvalue weighted by Crippen LogP contribution is 2.39. The van der Waals surface area contributed by atoms with Crippen LogP contribution in [0.15, 0.2) is 24.3 Å². The minimum absolute atomic E-state index is 0.227. The zero-order chi connectivity index (χ0) is 12.5. The monoisotopic (exact) mass is 243 g/mol. The number of ketones is 1. The van der Waals surface area contributed by atoms with Crippen molar-refractivity contribution in [1.29, 1.82) is 0 Å². The molecular weight excluding hydrogens is 222 g/mol. The summed E-state index contributed by atoms with van der Waals surface area (Å²) in [7, 11) is 2.17. The van der Waals surface area contributed by atoms with Crippen molar-refractivity contribution in [1.82, 2.24) is 4.90 Å². The lowest BCUT2D eigenvalue weighted by atomic mass is 9.77. The molecule has 2 aliphatic rings. The van der Waals surface area contributed by atoms with Gasteiger partial charge in [-0.2, -0.15) is 0 Å². The fraction of sp³-hybridized carbons (Fsp3) is 0.562. The maximum absolute atomic E-state index is 12.2. The largest absolute Gasteiger partial charge is 0.299 e. The first-order chi connectivity index (χ1) is 8.77. The average molecular weight is 243 g/mol. The van der Waals surface area contributed by atoms with Crippen molar-refractivity contribution in [2.24, 2.45) is 5.92 Å². The number of likely N-dealkylation sites (N-methyl/N-ethyl adjacent to an activating group) is 1. The quantitative estimate of drug-likeness (QED) is 0.756. The Bertz CT molecular complexity index is 454. The van der Waals surface area contributed by atoms with E-state index in [9.17, 15) is 4.79 Å². The molecule has 2 atom stereocenters. The summed E-state index contributed by atoms with van der Waals surface area (Å²) in [5.41, 5.74) is 2.84. The lowest BCUT2D eigenvalue weighted by Gasteiger charge is -2.40. The second kappa shape index (κ2) is 4.85. The Kier molecular flexibility index (Phi) is 3.21. The summed E-state index contributed by atoms with van der Waals surface area (Å²) in [6.45, 7) is 1.07. The van der Waals surface area contributed by atoms with Crippen LogP contribution in [0.1, 0.15) is 42.9 Å². The molecule has 2 nitrogen and oxygen atoms in total. The fourth-order valence-corrected chi connectivity index (χ4v) is 3.59. The summed E-state index contributed by atoms with van der Waals surface area (Å²) in [6.07, 6.45) is 5.28. The predicted molar refractivity (Wildman–Crippen MR) is 72.5 cm³/mol. The molecule has 0 saturated heterocycles. The smallest absolute Gasteiger partial charge is 0.137 e. The van der Waals surface area contributed by atoms with Gasteiger partial charge in [-0.25, -0.2) is 0 Å². The Hall–Kier alpha value is -1.15. The van der Waals surface area contributed by atoms with Crippen molar-refractivity contribution >= 4 is 5.78 Å². The SMILES string of the molecule is CN1CCc2ccccc2C1C1CCCCC1=O. The van der Waals surface area contributed by atoms with Crippen LogP contribution in [0.2, 0.25) is 0 Å². The number of benzene rings is 1. The Morgan fingerprint density at radius 3 is 2.83 bits per heavy atom. The third kappa shape index (κ3) is 1.99. The van der Waals surface area contributed by atoms with E-state index in [1.165, 1.54) is 17.5 Å². The Morgan fingerprint density at radius 1 is 1.17 bits per heavy atom. The molecule has 0 spiro atoms. The molecule has 0 N–H and O–H groups in total. The van der Waals surface area contributed by atoms with Gasteiger partial charge in [0.1, 0.15) is 5.78 Å². The zero-order valence-corrected chi connectivity index (χ0v) is 11.1. The first-order valence-electron chi connectivity index (χ1n) is 7.08. The number of fused-ring (bicyclic) bond motifs is 1. The highest BCUT2D eigenvalue weighted by molar-refractivity contribution is 5.82. The Balaban J connectivity index is 1.97. The van der Waals surface area contributed by atoms with Crippen molar-refractivity contribution in [3.63, 3.8) is 0 Å². The van der Waals surface area contributed by atoms with E-state index in [0.29, 0.717) is 11.8 Å². The van der Waals surface area contributed by atoms with E-state index >= 15 is 0 Å². The van der Waals surface area contributed by atoms with Crippen LogP contribution >= 0.6 is 0 Å². The highest BCUT2D eigenvalue weighted by Gasteiger charge is 2.36. The first-order valence-corrected chi connectivity index (χ1v) is 7.08. The van der Waals surface area contributed by atoms with Crippen LogP contribution in [0, 0.1) is 5.92 Å². The number of Topliss-reactive ketones (excluding diaryl/α,β-unsaturated/α-hetero) is 1. The molecule has 2 heteroatoms. The molecule has 1 aliphatic heterocycles. The number of carbonyl (C=O) groups is 1. The van der Waals surface area contributed by atoms with Gasteiger partial charge in [0.05, 0.1) is 0 Å². The summed E-state index contributed by atoms with van der Waals surface area (Å²) >= 11 is 0. The van der Waals surface area contributed by atoms with E-state index in [1.54, 1.807) is 0 Å². The highest BCUT2D eigenvalue weighted by atomic mass is 16.1. The van der Waals surface area contributed by atoms with E-state index in [2.05, 4.69) is 36.2 Å². The second-order valence-electron chi connectivity index (χ2n) is 5.69. The lowest BCUT2D eigenvalue weighted by Crippen LogP contribution is -2.40. The standard InChI is InChI=1S/C16H21NO/c1-17-11-10-12-6-2-3-7-13(12)16(17)14-8-4-5-9-15(14)18/h2-3,6-7,14,16H,4-5,8-11H2,1H3. The average Bonchev–Trinajstić information content (AvgIpc) is 2.40.